The largest absolute Gasteiger partial charge is 0.411 e. The summed E-state index contributed by atoms with van der Waals surface area (Å²) in [5.41, 5.74) is 1.39. The molecule has 25 heavy (non-hydrogen) atoms. The highest BCUT2D eigenvalue weighted by Gasteiger charge is 2.62. The second-order valence-corrected chi connectivity index (χ2v) is 6.04. The Labute approximate surface area is 144 Å². The maximum Gasteiger partial charge on any atom is 0.411 e. The molecule has 0 aromatic heterocycles. The number of likely N-dealkylation sites (tertiary alicyclic amines) is 1. The Hall–Kier alpha value is -2.34. The lowest BCUT2D eigenvalue weighted by atomic mass is 9.92. The van der Waals surface area contributed by atoms with Crippen LogP contribution in [-0.2, 0) is 16.1 Å². The first kappa shape index (κ1) is 17.5. The number of carbonyl (C=O) groups excluding carboxylic acids is 1. The van der Waals surface area contributed by atoms with Crippen molar-refractivity contribution in [2.24, 2.45) is 0 Å². The molecule has 0 spiro atoms. The van der Waals surface area contributed by atoms with Gasteiger partial charge >= 0.3 is 6.18 Å². The minimum atomic E-state index is -4.54. The molecule has 3 nitrogen and oxygen atoms in total. The van der Waals surface area contributed by atoms with Gasteiger partial charge in [-0.05, 0) is 18.1 Å². The van der Waals surface area contributed by atoms with Crippen LogP contribution in [0.2, 0.25) is 0 Å². The van der Waals surface area contributed by atoms with Crippen molar-refractivity contribution < 1.29 is 22.7 Å². The molecule has 0 unspecified atom stereocenters. The van der Waals surface area contributed by atoms with E-state index in [4.69, 9.17) is 4.74 Å². The zero-order chi connectivity index (χ0) is 18.0. The van der Waals surface area contributed by atoms with E-state index in [2.05, 4.69) is 0 Å². The Morgan fingerprint density at radius 1 is 1.04 bits per heavy atom. The zero-order valence-corrected chi connectivity index (χ0v) is 13.6. The van der Waals surface area contributed by atoms with Gasteiger partial charge in [-0.2, -0.15) is 13.2 Å². The molecule has 0 bridgehead atoms. The van der Waals surface area contributed by atoms with E-state index in [1.165, 1.54) is 0 Å². The molecule has 132 valence electrons. The molecular weight excluding hydrogens is 331 g/mol. The van der Waals surface area contributed by atoms with Gasteiger partial charge in [0.05, 0.1) is 12.6 Å². The van der Waals surface area contributed by atoms with Crippen LogP contribution in [0.1, 0.15) is 24.1 Å². The number of β-lactam (4-membered cyclic amide) rings is 1. The van der Waals surface area contributed by atoms with E-state index in [0.717, 1.165) is 10.5 Å². The second kappa shape index (κ2) is 6.88. The minimum Gasteiger partial charge on any atom is -0.361 e. The monoisotopic (exact) mass is 349 g/mol. The first-order chi connectivity index (χ1) is 11.9. The summed E-state index contributed by atoms with van der Waals surface area (Å²) in [4.78, 5) is 13.2. The number of hydrogen-bond donors (Lipinski definition) is 0. The highest BCUT2D eigenvalue weighted by Crippen LogP contribution is 2.42. The summed E-state index contributed by atoms with van der Waals surface area (Å²) < 4.78 is 45.8. The Kier molecular flexibility index (Phi) is 4.81. The SMILES string of the molecule is C[C@@H](c1ccccc1)N1C(=O)[C@H](OCc2ccccc2)[C@@H]1C(F)(F)F. The van der Waals surface area contributed by atoms with Crippen molar-refractivity contribution in [3.63, 3.8) is 0 Å². The molecule has 0 aliphatic carbocycles. The fraction of sp³-hybridized carbons (Fsp3) is 0.316. The molecule has 0 N–H and O–H groups in total. The van der Waals surface area contributed by atoms with Gasteiger partial charge in [0.1, 0.15) is 0 Å². The number of rotatable bonds is 5. The third-order valence-electron chi connectivity index (χ3n) is 4.39. The van der Waals surface area contributed by atoms with Crippen molar-refractivity contribution in [2.45, 2.75) is 37.9 Å². The molecule has 1 fully saturated rings. The summed E-state index contributed by atoms with van der Waals surface area (Å²) in [6.45, 7) is 1.57. The van der Waals surface area contributed by atoms with Crippen LogP contribution in [0, 0.1) is 0 Å². The van der Waals surface area contributed by atoms with Gasteiger partial charge in [0, 0.05) is 0 Å². The van der Waals surface area contributed by atoms with Gasteiger partial charge < -0.3 is 9.64 Å². The maximum absolute atomic E-state index is 13.5. The summed E-state index contributed by atoms with van der Waals surface area (Å²) in [7, 11) is 0. The second-order valence-electron chi connectivity index (χ2n) is 6.04. The number of hydrogen-bond acceptors (Lipinski definition) is 2. The van der Waals surface area contributed by atoms with Crippen molar-refractivity contribution >= 4 is 5.91 Å². The number of amides is 1. The van der Waals surface area contributed by atoms with Crippen molar-refractivity contribution in [3.8, 4) is 0 Å². The summed E-state index contributed by atoms with van der Waals surface area (Å²) in [6.07, 6.45) is -6.04. The first-order valence-corrected chi connectivity index (χ1v) is 7.99. The summed E-state index contributed by atoms with van der Waals surface area (Å²) in [5, 5.41) is 0. The number of nitrogens with zero attached hydrogens (tertiary/aromatic N) is 1. The van der Waals surface area contributed by atoms with Crippen LogP contribution in [0.15, 0.2) is 60.7 Å². The quantitative estimate of drug-likeness (QED) is 0.761. The van der Waals surface area contributed by atoms with Crippen LogP contribution in [0.4, 0.5) is 13.2 Å². The van der Waals surface area contributed by atoms with Crippen molar-refractivity contribution in [3.05, 3.63) is 71.8 Å². The standard InChI is InChI=1S/C19H18F3NO2/c1-13(15-10-6-3-7-11-15)23-17(19(20,21)22)16(18(23)24)25-12-14-8-4-2-5-9-14/h2-11,13,16-17H,12H2,1H3/t13-,16+,17+/m0/s1. The Morgan fingerprint density at radius 3 is 2.16 bits per heavy atom. The Bertz CT molecular complexity index is 718. The van der Waals surface area contributed by atoms with Crippen molar-refractivity contribution in [1.82, 2.24) is 4.90 Å². The Morgan fingerprint density at radius 2 is 1.60 bits per heavy atom. The van der Waals surface area contributed by atoms with Gasteiger partial charge in [-0.3, -0.25) is 4.79 Å². The number of halogens is 3. The summed E-state index contributed by atoms with van der Waals surface area (Å²) in [5.74, 6) is -0.630. The fourth-order valence-electron chi connectivity index (χ4n) is 3.06. The van der Waals surface area contributed by atoms with E-state index in [1.807, 2.05) is 0 Å². The highest BCUT2D eigenvalue weighted by molar-refractivity contribution is 5.89. The van der Waals surface area contributed by atoms with Gasteiger partial charge in [-0.1, -0.05) is 60.7 Å². The van der Waals surface area contributed by atoms with Crippen LogP contribution >= 0.6 is 0 Å². The van der Waals surface area contributed by atoms with Gasteiger partial charge in [-0.15, -0.1) is 0 Å². The predicted octanol–water partition coefficient (Wildman–Crippen LogP) is 4.11. The van der Waals surface area contributed by atoms with Crippen LogP contribution in [-0.4, -0.2) is 29.1 Å². The number of ether oxygens (including phenoxy) is 1. The molecule has 3 rings (SSSR count). The van der Waals surface area contributed by atoms with E-state index in [9.17, 15) is 18.0 Å². The molecule has 1 aliphatic rings. The van der Waals surface area contributed by atoms with E-state index in [-0.39, 0.29) is 6.61 Å². The number of alkyl halides is 3. The summed E-state index contributed by atoms with van der Waals surface area (Å²) in [6, 6.07) is 14.9. The zero-order valence-electron chi connectivity index (χ0n) is 13.6. The van der Waals surface area contributed by atoms with Crippen LogP contribution in [0.25, 0.3) is 0 Å². The van der Waals surface area contributed by atoms with Crippen LogP contribution in [0.3, 0.4) is 0 Å². The maximum atomic E-state index is 13.5. The lowest BCUT2D eigenvalue weighted by Gasteiger charge is -2.50. The normalized spacial score (nSPS) is 21.8. The number of benzene rings is 2. The molecule has 6 heteroatoms. The third-order valence-corrected chi connectivity index (χ3v) is 4.39. The van der Waals surface area contributed by atoms with Gasteiger partial charge in [0.15, 0.2) is 12.1 Å². The van der Waals surface area contributed by atoms with Gasteiger partial charge in [0.25, 0.3) is 5.91 Å². The van der Waals surface area contributed by atoms with Crippen molar-refractivity contribution in [2.75, 3.05) is 0 Å². The lowest BCUT2D eigenvalue weighted by molar-refractivity contribution is -0.256. The van der Waals surface area contributed by atoms with E-state index in [1.54, 1.807) is 67.6 Å². The lowest BCUT2D eigenvalue weighted by Crippen LogP contribution is -2.71. The van der Waals surface area contributed by atoms with Crippen LogP contribution < -0.4 is 0 Å². The highest BCUT2D eigenvalue weighted by atomic mass is 19.4. The van der Waals surface area contributed by atoms with Gasteiger partial charge in [0.2, 0.25) is 0 Å². The Balaban J connectivity index is 1.76. The average molecular weight is 349 g/mol. The molecule has 1 amide bonds. The molecular formula is C19H18F3NO2. The molecule has 2 aromatic carbocycles. The number of carbonyl (C=O) groups is 1. The first-order valence-electron chi connectivity index (χ1n) is 7.99. The molecule has 1 aliphatic heterocycles. The van der Waals surface area contributed by atoms with E-state index >= 15 is 0 Å². The smallest absolute Gasteiger partial charge is 0.361 e. The average Bonchev–Trinajstić information content (AvgIpc) is 2.60. The van der Waals surface area contributed by atoms with Crippen LogP contribution in [0.5, 0.6) is 0 Å². The molecule has 1 saturated heterocycles. The predicted molar refractivity (Wildman–Crippen MR) is 86.6 cm³/mol. The van der Waals surface area contributed by atoms with Gasteiger partial charge in [-0.25, -0.2) is 0 Å². The molecule has 1 heterocycles. The fourth-order valence-corrected chi connectivity index (χ4v) is 3.06. The topological polar surface area (TPSA) is 29.5 Å². The van der Waals surface area contributed by atoms with Crippen molar-refractivity contribution in [1.29, 1.82) is 0 Å². The molecule has 0 saturated carbocycles. The summed E-state index contributed by atoms with van der Waals surface area (Å²) >= 11 is 0. The molecule has 0 radical (unpaired) electrons. The van der Waals surface area contributed by atoms with E-state index in [0.29, 0.717) is 5.56 Å². The molecule has 3 atom stereocenters. The minimum absolute atomic E-state index is 0.0304. The van der Waals surface area contributed by atoms with E-state index < -0.39 is 30.3 Å². The third kappa shape index (κ3) is 3.54. The molecule has 2 aromatic rings.